The summed E-state index contributed by atoms with van der Waals surface area (Å²) in [5.74, 6) is 1.58. The Hall–Kier alpha value is -2.96. The van der Waals surface area contributed by atoms with E-state index in [0.717, 1.165) is 37.3 Å². The third kappa shape index (κ3) is 3.25. The van der Waals surface area contributed by atoms with Gasteiger partial charge in [0, 0.05) is 49.8 Å². The summed E-state index contributed by atoms with van der Waals surface area (Å²) in [5.41, 5.74) is 2.87. The standard InChI is InChI=1S/C20H22N6O/c27-20(15-2-1-7-21-13-15)23-16-5-9-25(10-6-16)19-18-12-17(14-3-4-14)24-26(18)11-8-22-19/h1-2,7-8,11-14,16H,3-6,9-10H2,(H,23,27). The molecule has 0 bridgehead atoms. The highest BCUT2D eigenvalue weighted by Crippen LogP contribution is 2.40. The molecule has 0 atom stereocenters. The van der Waals surface area contributed by atoms with Gasteiger partial charge in [0.05, 0.1) is 11.3 Å². The van der Waals surface area contributed by atoms with Gasteiger partial charge in [-0.2, -0.15) is 5.10 Å². The van der Waals surface area contributed by atoms with Gasteiger partial charge in [0.15, 0.2) is 5.82 Å². The molecule has 138 valence electrons. The number of aromatic nitrogens is 4. The number of nitrogens with one attached hydrogen (secondary N) is 1. The fourth-order valence-electron chi connectivity index (χ4n) is 3.75. The highest BCUT2D eigenvalue weighted by atomic mass is 16.1. The summed E-state index contributed by atoms with van der Waals surface area (Å²) in [6, 6.07) is 5.95. The van der Waals surface area contributed by atoms with Crippen molar-refractivity contribution in [2.24, 2.45) is 0 Å². The maximum Gasteiger partial charge on any atom is 0.253 e. The van der Waals surface area contributed by atoms with Crippen LogP contribution in [0.3, 0.4) is 0 Å². The smallest absolute Gasteiger partial charge is 0.253 e. The number of anilines is 1. The third-order valence-corrected chi connectivity index (χ3v) is 5.44. The van der Waals surface area contributed by atoms with Gasteiger partial charge in [-0.15, -0.1) is 0 Å². The molecule has 3 aromatic rings. The van der Waals surface area contributed by atoms with Gasteiger partial charge in [-0.25, -0.2) is 9.50 Å². The van der Waals surface area contributed by atoms with E-state index in [1.165, 1.54) is 18.5 Å². The van der Waals surface area contributed by atoms with E-state index in [1.54, 1.807) is 24.5 Å². The summed E-state index contributed by atoms with van der Waals surface area (Å²) < 4.78 is 1.95. The van der Waals surface area contributed by atoms with Crippen molar-refractivity contribution < 1.29 is 4.79 Å². The Bertz CT molecular complexity index is 957. The molecule has 2 fully saturated rings. The lowest BCUT2D eigenvalue weighted by atomic mass is 10.0. The van der Waals surface area contributed by atoms with Crippen LogP contribution in [0, 0.1) is 0 Å². The van der Waals surface area contributed by atoms with Crippen molar-refractivity contribution in [3.05, 3.63) is 54.2 Å². The number of amides is 1. The summed E-state index contributed by atoms with van der Waals surface area (Å²) in [4.78, 5) is 23.3. The van der Waals surface area contributed by atoms with Crippen LogP contribution in [-0.2, 0) is 0 Å². The molecule has 1 saturated heterocycles. The predicted octanol–water partition coefficient (Wildman–Crippen LogP) is 2.40. The monoisotopic (exact) mass is 362 g/mol. The Kier molecular flexibility index (Phi) is 3.99. The number of fused-ring (bicyclic) bond motifs is 1. The van der Waals surface area contributed by atoms with E-state index < -0.39 is 0 Å². The summed E-state index contributed by atoms with van der Waals surface area (Å²) in [6.07, 6.45) is 11.3. The Labute approximate surface area is 157 Å². The molecule has 1 N–H and O–H groups in total. The van der Waals surface area contributed by atoms with Gasteiger partial charge in [-0.3, -0.25) is 9.78 Å². The highest BCUT2D eigenvalue weighted by molar-refractivity contribution is 5.94. The minimum atomic E-state index is -0.0494. The van der Waals surface area contributed by atoms with Crippen LogP contribution in [0.2, 0.25) is 0 Å². The van der Waals surface area contributed by atoms with Crippen LogP contribution in [0.15, 0.2) is 43.0 Å². The lowest BCUT2D eigenvalue weighted by Crippen LogP contribution is -2.45. The van der Waals surface area contributed by atoms with E-state index >= 15 is 0 Å². The Morgan fingerprint density at radius 3 is 2.74 bits per heavy atom. The van der Waals surface area contributed by atoms with Crippen LogP contribution < -0.4 is 10.2 Å². The van der Waals surface area contributed by atoms with Gasteiger partial charge >= 0.3 is 0 Å². The first-order chi connectivity index (χ1) is 13.3. The fraction of sp³-hybridized carbons (Fsp3) is 0.400. The van der Waals surface area contributed by atoms with Crippen molar-refractivity contribution in [3.8, 4) is 0 Å². The van der Waals surface area contributed by atoms with Crippen LogP contribution in [0.5, 0.6) is 0 Å². The lowest BCUT2D eigenvalue weighted by molar-refractivity contribution is 0.0930. The Morgan fingerprint density at radius 1 is 1.15 bits per heavy atom. The first-order valence-corrected chi connectivity index (χ1v) is 9.58. The summed E-state index contributed by atoms with van der Waals surface area (Å²) in [6.45, 7) is 1.74. The second kappa shape index (κ2) is 6.64. The minimum Gasteiger partial charge on any atom is -0.355 e. The minimum absolute atomic E-state index is 0.0494. The zero-order valence-electron chi connectivity index (χ0n) is 15.1. The molecule has 27 heavy (non-hydrogen) atoms. The summed E-state index contributed by atoms with van der Waals surface area (Å²) in [5, 5.41) is 7.83. The van der Waals surface area contributed by atoms with Crippen LogP contribution in [0.25, 0.3) is 5.52 Å². The maximum atomic E-state index is 12.3. The number of rotatable bonds is 4. The normalized spacial score (nSPS) is 18.0. The van der Waals surface area contributed by atoms with Crippen molar-refractivity contribution in [2.45, 2.75) is 37.6 Å². The van der Waals surface area contributed by atoms with Gasteiger partial charge in [0.25, 0.3) is 5.91 Å². The molecule has 4 heterocycles. The van der Waals surface area contributed by atoms with Crippen LogP contribution in [-0.4, -0.2) is 44.6 Å². The average Bonchev–Trinajstić information content (AvgIpc) is 3.47. The van der Waals surface area contributed by atoms with Gasteiger partial charge < -0.3 is 10.2 Å². The van der Waals surface area contributed by atoms with Crippen molar-refractivity contribution in [3.63, 3.8) is 0 Å². The topological polar surface area (TPSA) is 75.4 Å². The van der Waals surface area contributed by atoms with E-state index in [9.17, 15) is 4.79 Å². The summed E-state index contributed by atoms with van der Waals surface area (Å²) in [7, 11) is 0. The quantitative estimate of drug-likeness (QED) is 0.771. The SMILES string of the molecule is O=C(NC1CCN(c2nccn3nc(C4CC4)cc23)CC1)c1cccnc1. The zero-order valence-corrected chi connectivity index (χ0v) is 15.1. The van der Waals surface area contributed by atoms with Crippen LogP contribution in [0.4, 0.5) is 5.82 Å². The average molecular weight is 362 g/mol. The van der Waals surface area contributed by atoms with Gasteiger partial charge in [0.2, 0.25) is 0 Å². The molecule has 1 amide bonds. The van der Waals surface area contributed by atoms with Gasteiger partial charge in [-0.1, -0.05) is 0 Å². The predicted molar refractivity (Wildman–Crippen MR) is 102 cm³/mol. The number of hydrogen-bond donors (Lipinski definition) is 1. The third-order valence-electron chi connectivity index (χ3n) is 5.44. The first-order valence-electron chi connectivity index (χ1n) is 9.58. The molecule has 0 radical (unpaired) electrons. The van der Waals surface area contributed by atoms with Crippen molar-refractivity contribution in [1.29, 1.82) is 0 Å². The summed E-state index contributed by atoms with van der Waals surface area (Å²) >= 11 is 0. The molecule has 1 aliphatic heterocycles. The highest BCUT2D eigenvalue weighted by Gasteiger charge is 2.28. The van der Waals surface area contributed by atoms with Gasteiger partial charge in [-0.05, 0) is 43.9 Å². The molecule has 1 aliphatic carbocycles. The molecule has 7 heteroatoms. The first kappa shape index (κ1) is 16.2. The maximum absolute atomic E-state index is 12.3. The molecular formula is C20H22N6O. The lowest BCUT2D eigenvalue weighted by Gasteiger charge is -2.33. The molecular weight excluding hydrogens is 340 g/mol. The van der Waals surface area contributed by atoms with E-state index in [-0.39, 0.29) is 11.9 Å². The molecule has 7 nitrogen and oxygen atoms in total. The van der Waals surface area contributed by atoms with Crippen LogP contribution in [0.1, 0.15) is 47.7 Å². The molecule has 5 rings (SSSR count). The van der Waals surface area contributed by atoms with E-state index in [2.05, 4.69) is 26.3 Å². The molecule has 2 aliphatic rings. The van der Waals surface area contributed by atoms with Crippen molar-refractivity contribution >= 4 is 17.2 Å². The number of hydrogen-bond acceptors (Lipinski definition) is 5. The second-order valence-electron chi connectivity index (χ2n) is 7.40. The second-order valence-corrected chi connectivity index (χ2v) is 7.40. The largest absolute Gasteiger partial charge is 0.355 e. The van der Waals surface area contributed by atoms with Crippen LogP contribution >= 0.6 is 0 Å². The molecule has 3 aromatic heterocycles. The Balaban J connectivity index is 1.27. The number of carbonyl (C=O) groups excluding carboxylic acids is 1. The number of nitrogens with zero attached hydrogens (tertiary/aromatic N) is 5. The molecule has 0 aromatic carbocycles. The molecule has 0 unspecified atom stereocenters. The fourth-order valence-corrected chi connectivity index (χ4v) is 3.75. The van der Waals surface area contributed by atoms with Gasteiger partial charge in [0.1, 0.15) is 5.52 Å². The molecule has 1 saturated carbocycles. The Morgan fingerprint density at radius 2 is 2.00 bits per heavy atom. The zero-order chi connectivity index (χ0) is 18.2. The van der Waals surface area contributed by atoms with E-state index in [0.29, 0.717) is 11.5 Å². The number of carbonyl (C=O) groups is 1. The van der Waals surface area contributed by atoms with E-state index in [1.807, 2.05) is 16.9 Å². The number of pyridine rings is 1. The van der Waals surface area contributed by atoms with Crippen molar-refractivity contribution in [2.75, 3.05) is 18.0 Å². The van der Waals surface area contributed by atoms with Crippen molar-refractivity contribution in [1.82, 2.24) is 24.9 Å². The molecule has 0 spiro atoms. The number of piperidine rings is 1. The van der Waals surface area contributed by atoms with E-state index in [4.69, 9.17) is 5.10 Å².